The number of hydrogen-bond donors (Lipinski definition) is 0. The van der Waals surface area contributed by atoms with Crippen LogP contribution in [-0.2, 0) is 13.5 Å². The maximum Gasteiger partial charge on any atom is 0.241 e. The molecule has 0 fully saturated rings. The molecule has 0 saturated heterocycles. The zero-order valence-electron chi connectivity index (χ0n) is 13.8. The van der Waals surface area contributed by atoms with Crippen molar-refractivity contribution in [1.29, 1.82) is 0 Å². The largest absolute Gasteiger partial charge is 0.302 e. The predicted octanol–water partition coefficient (Wildman–Crippen LogP) is 4.02. The van der Waals surface area contributed by atoms with Crippen molar-refractivity contribution in [3.05, 3.63) is 66.0 Å². The third-order valence-electron chi connectivity index (χ3n) is 5.02. The van der Waals surface area contributed by atoms with Crippen molar-refractivity contribution in [2.24, 2.45) is 7.05 Å². The number of hydrogen-bond acceptors (Lipinski definition) is 1. The van der Waals surface area contributed by atoms with Gasteiger partial charge >= 0.3 is 0 Å². The Morgan fingerprint density at radius 3 is 2.71 bits per heavy atom. The second-order valence-electron chi connectivity index (χ2n) is 6.42. The first-order chi connectivity index (χ1) is 11.8. The Hall–Kier alpha value is -2.94. The van der Waals surface area contributed by atoms with Gasteiger partial charge in [0.25, 0.3) is 0 Å². The summed E-state index contributed by atoms with van der Waals surface area (Å²) in [6, 6.07) is 17.1. The summed E-state index contributed by atoms with van der Waals surface area (Å²) in [7, 11) is 2.14. The second kappa shape index (κ2) is 4.78. The highest BCUT2D eigenvalue weighted by molar-refractivity contribution is 6.06. The first-order valence-corrected chi connectivity index (χ1v) is 8.30. The number of fused-ring (bicyclic) bond motifs is 5. The van der Waals surface area contributed by atoms with E-state index in [0.717, 1.165) is 17.8 Å². The fourth-order valence-electron chi connectivity index (χ4n) is 3.86. The lowest BCUT2D eigenvalue weighted by atomic mass is 10.0. The fraction of sp³-hybridized carbons (Fsp3) is 0.143. The van der Waals surface area contributed by atoms with Gasteiger partial charge in [0.05, 0.1) is 16.5 Å². The van der Waals surface area contributed by atoms with E-state index in [2.05, 4.69) is 83.9 Å². The van der Waals surface area contributed by atoms with Crippen LogP contribution in [0.4, 0.5) is 0 Å². The Kier molecular flexibility index (Phi) is 2.69. The fourth-order valence-corrected chi connectivity index (χ4v) is 3.86. The maximum atomic E-state index is 5.00. The molecule has 3 heteroatoms. The van der Waals surface area contributed by atoms with Crippen LogP contribution in [0.1, 0.15) is 11.4 Å². The highest BCUT2D eigenvalue weighted by atomic mass is 15.1. The van der Waals surface area contributed by atoms with Crippen LogP contribution in [0.3, 0.4) is 0 Å². The number of aryl methyl sites for hydroxylation is 2. The number of aromatic nitrogens is 3. The zero-order chi connectivity index (χ0) is 16.3. The smallest absolute Gasteiger partial charge is 0.241 e. The van der Waals surface area contributed by atoms with Gasteiger partial charge in [0.15, 0.2) is 5.52 Å². The first kappa shape index (κ1) is 13.5. The van der Waals surface area contributed by atoms with E-state index in [9.17, 15) is 0 Å². The molecule has 0 unspecified atom stereocenters. The van der Waals surface area contributed by atoms with Crippen LogP contribution in [0.5, 0.6) is 0 Å². The van der Waals surface area contributed by atoms with Crippen LogP contribution in [0, 0.1) is 6.92 Å². The lowest BCUT2D eigenvalue weighted by Gasteiger charge is -2.08. The number of imidazole rings is 1. The summed E-state index contributed by atoms with van der Waals surface area (Å²) in [5, 5.41) is 1.25. The van der Waals surface area contributed by atoms with Gasteiger partial charge in [0.2, 0.25) is 11.2 Å². The minimum absolute atomic E-state index is 0.903. The lowest BCUT2D eigenvalue weighted by Crippen LogP contribution is -2.32. The average molecular weight is 312 g/mol. The molecule has 116 valence electrons. The topological polar surface area (TPSA) is 21.7 Å². The molecule has 4 aromatic rings. The van der Waals surface area contributed by atoms with E-state index in [-0.39, 0.29) is 0 Å². The van der Waals surface area contributed by atoms with E-state index in [0.29, 0.717) is 0 Å². The maximum absolute atomic E-state index is 5.00. The van der Waals surface area contributed by atoms with Crippen molar-refractivity contribution >= 4 is 28.1 Å². The van der Waals surface area contributed by atoms with Crippen LogP contribution >= 0.6 is 0 Å². The molecule has 0 radical (unpaired) electrons. The second-order valence-corrected chi connectivity index (χ2v) is 6.42. The van der Waals surface area contributed by atoms with Gasteiger partial charge in [-0.25, -0.2) is 4.98 Å². The van der Waals surface area contributed by atoms with Gasteiger partial charge in [-0.3, -0.25) is 0 Å². The Balaban J connectivity index is 2.05. The number of nitrogens with zero attached hydrogens (tertiary/aromatic N) is 3. The van der Waals surface area contributed by atoms with Crippen molar-refractivity contribution in [3.8, 4) is 11.3 Å². The van der Waals surface area contributed by atoms with E-state index in [1.165, 1.54) is 33.2 Å². The lowest BCUT2D eigenvalue weighted by molar-refractivity contribution is -0.632. The minimum Gasteiger partial charge on any atom is -0.302 e. The Morgan fingerprint density at radius 1 is 1.04 bits per heavy atom. The highest BCUT2D eigenvalue weighted by Gasteiger charge is 2.27. The third-order valence-corrected chi connectivity index (χ3v) is 5.02. The molecule has 0 aliphatic carbocycles. The Labute approximate surface area is 140 Å². The van der Waals surface area contributed by atoms with E-state index >= 15 is 0 Å². The third kappa shape index (κ3) is 1.67. The van der Waals surface area contributed by atoms with E-state index in [1.807, 2.05) is 0 Å². The molecule has 0 N–H and O–H groups in total. The predicted molar refractivity (Wildman–Crippen MR) is 97.6 cm³/mol. The number of para-hydroxylation sites is 1. The van der Waals surface area contributed by atoms with Crippen molar-refractivity contribution in [2.45, 2.75) is 13.3 Å². The van der Waals surface area contributed by atoms with Gasteiger partial charge < -0.3 is 4.57 Å². The summed E-state index contributed by atoms with van der Waals surface area (Å²) in [4.78, 5) is 5.00. The summed E-state index contributed by atoms with van der Waals surface area (Å²) in [5.74, 6) is 1.12. The van der Waals surface area contributed by atoms with E-state index < -0.39 is 0 Å². The Morgan fingerprint density at radius 2 is 1.83 bits per heavy atom. The van der Waals surface area contributed by atoms with Crippen LogP contribution in [0.25, 0.3) is 39.4 Å². The molecular formula is C21H18N3+. The highest BCUT2D eigenvalue weighted by Crippen LogP contribution is 2.34. The number of rotatable bonds is 1. The molecule has 24 heavy (non-hydrogen) atoms. The SMILES string of the molecule is Cc1ccccc1-c1c2nc3n(c2c2ccccc2[n+]1C)C=CC3. The molecule has 0 amide bonds. The molecule has 0 atom stereocenters. The van der Waals surface area contributed by atoms with Gasteiger partial charge in [0, 0.05) is 18.7 Å². The normalized spacial score (nSPS) is 13.1. The average Bonchev–Trinajstić information content (AvgIpc) is 3.17. The number of benzene rings is 2. The molecule has 0 saturated carbocycles. The van der Waals surface area contributed by atoms with Crippen molar-refractivity contribution in [2.75, 3.05) is 0 Å². The molecule has 3 heterocycles. The van der Waals surface area contributed by atoms with Gasteiger partial charge in [0.1, 0.15) is 12.9 Å². The number of allylic oxidation sites excluding steroid dienone is 1. The summed E-state index contributed by atoms with van der Waals surface area (Å²) in [5.41, 5.74) is 7.24. The van der Waals surface area contributed by atoms with Crippen LogP contribution < -0.4 is 4.57 Å². The van der Waals surface area contributed by atoms with E-state index in [4.69, 9.17) is 4.98 Å². The van der Waals surface area contributed by atoms with Gasteiger partial charge in [-0.2, -0.15) is 4.57 Å². The van der Waals surface area contributed by atoms with Gasteiger partial charge in [-0.1, -0.05) is 36.4 Å². The molecule has 1 aliphatic rings. The van der Waals surface area contributed by atoms with Crippen LogP contribution in [0.2, 0.25) is 0 Å². The molecule has 3 nitrogen and oxygen atoms in total. The zero-order valence-corrected chi connectivity index (χ0v) is 13.8. The molecule has 1 aliphatic heterocycles. The van der Waals surface area contributed by atoms with Crippen molar-refractivity contribution in [3.63, 3.8) is 0 Å². The number of pyridine rings is 1. The van der Waals surface area contributed by atoms with Crippen LogP contribution in [-0.4, -0.2) is 9.55 Å². The summed E-state index contributed by atoms with van der Waals surface area (Å²) in [6.07, 6.45) is 5.23. The summed E-state index contributed by atoms with van der Waals surface area (Å²) < 4.78 is 4.53. The van der Waals surface area contributed by atoms with Gasteiger partial charge in [-0.05, 0) is 24.6 Å². The molecule has 0 bridgehead atoms. The standard InChI is InChI=1S/C21H18N3/c1-14-8-3-4-9-15(14)20-19-21(24-13-7-12-18(24)22-19)16-10-5-6-11-17(16)23(20)2/h3-11,13H,12H2,1-2H3/q+1. The summed E-state index contributed by atoms with van der Waals surface area (Å²) >= 11 is 0. The van der Waals surface area contributed by atoms with Gasteiger partial charge in [-0.15, -0.1) is 0 Å². The van der Waals surface area contributed by atoms with Crippen LogP contribution in [0.15, 0.2) is 54.6 Å². The monoisotopic (exact) mass is 312 g/mol. The molecular weight excluding hydrogens is 294 g/mol. The molecule has 0 spiro atoms. The molecule has 2 aromatic heterocycles. The van der Waals surface area contributed by atoms with Crippen molar-refractivity contribution in [1.82, 2.24) is 9.55 Å². The first-order valence-electron chi connectivity index (χ1n) is 8.30. The van der Waals surface area contributed by atoms with Crippen molar-refractivity contribution < 1.29 is 4.57 Å². The molecule has 5 rings (SSSR count). The summed E-state index contributed by atoms with van der Waals surface area (Å²) in [6.45, 7) is 2.17. The van der Waals surface area contributed by atoms with E-state index in [1.54, 1.807) is 0 Å². The quantitative estimate of drug-likeness (QED) is 0.487. The molecule has 2 aromatic carbocycles. The minimum atomic E-state index is 0.903. The Bertz CT molecular complexity index is 1150.